The van der Waals surface area contributed by atoms with Crippen LogP contribution in [0.2, 0.25) is 0 Å². The third-order valence-electron chi connectivity index (χ3n) is 2.81. The number of nitrogens with zero attached hydrogens (tertiary/aromatic N) is 1. The van der Waals surface area contributed by atoms with Crippen molar-refractivity contribution in [2.24, 2.45) is 0 Å². The van der Waals surface area contributed by atoms with Crippen LogP contribution in [0, 0.1) is 0 Å². The first-order valence-electron chi connectivity index (χ1n) is 5.84. The van der Waals surface area contributed by atoms with Crippen LogP contribution in [0.1, 0.15) is 23.2 Å². The van der Waals surface area contributed by atoms with Crippen molar-refractivity contribution in [2.45, 2.75) is 31.3 Å². The van der Waals surface area contributed by atoms with E-state index in [-0.39, 0.29) is 18.7 Å². The number of hydrogen-bond donors (Lipinski definition) is 3. The molecule has 1 fully saturated rings. The largest absolute Gasteiger partial charge is 0.481 e. The molecule has 1 aromatic heterocycles. The van der Waals surface area contributed by atoms with E-state index in [2.05, 4.69) is 10.3 Å². The van der Waals surface area contributed by atoms with Gasteiger partial charge in [0, 0.05) is 18.8 Å². The first-order valence-corrected chi connectivity index (χ1v) is 5.84. The normalized spacial score (nSPS) is 22.6. The van der Waals surface area contributed by atoms with Gasteiger partial charge in [0.15, 0.2) is 6.29 Å². The van der Waals surface area contributed by atoms with Crippen molar-refractivity contribution >= 4 is 11.9 Å². The minimum absolute atomic E-state index is 0.107. The molecule has 3 atom stereocenters. The summed E-state index contributed by atoms with van der Waals surface area (Å²) in [6.45, 7) is 0. The standard InChI is InChI=1S/C12H14N2O5/c15-9(16)4-3-8(10-12(18)19-10)14-11(17)7-2-1-5-13-6-7/h1-2,5-6,8,10,12,18H,3-4H2,(H,14,17)(H,15,16). The van der Waals surface area contributed by atoms with E-state index in [0.717, 1.165) is 0 Å². The summed E-state index contributed by atoms with van der Waals surface area (Å²) in [4.78, 5) is 26.3. The maximum Gasteiger partial charge on any atom is 0.303 e. The van der Waals surface area contributed by atoms with Crippen LogP contribution in [0.15, 0.2) is 24.5 Å². The van der Waals surface area contributed by atoms with Gasteiger partial charge >= 0.3 is 5.97 Å². The van der Waals surface area contributed by atoms with Gasteiger partial charge in [0.25, 0.3) is 5.91 Å². The fourth-order valence-electron chi connectivity index (χ4n) is 1.76. The van der Waals surface area contributed by atoms with Crippen LogP contribution in [0.25, 0.3) is 0 Å². The number of amides is 1. The van der Waals surface area contributed by atoms with Gasteiger partial charge in [-0.05, 0) is 18.6 Å². The van der Waals surface area contributed by atoms with Crippen molar-refractivity contribution < 1.29 is 24.5 Å². The van der Waals surface area contributed by atoms with Crippen LogP contribution in [0.4, 0.5) is 0 Å². The van der Waals surface area contributed by atoms with Gasteiger partial charge in [-0.2, -0.15) is 0 Å². The summed E-state index contributed by atoms with van der Waals surface area (Å²) in [5, 5.41) is 20.5. The molecule has 1 saturated heterocycles. The lowest BCUT2D eigenvalue weighted by atomic mass is 10.1. The van der Waals surface area contributed by atoms with Crippen molar-refractivity contribution in [1.82, 2.24) is 10.3 Å². The molecule has 7 heteroatoms. The number of epoxide rings is 1. The van der Waals surface area contributed by atoms with Crippen molar-refractivity contribution in [3.05, 3.63) is 30.1 Å². The highest BCUT2D eigenvalue weighted by Crippen LogP contribution is 2.25. The van der Waals surface area contributed by atoms with Gasteiger partial charge in [-0.15, -0.1) is 0 Å². The van der Waals surface area contributed by atoms with Crippen LogP contribution in [0.3, 0.4) is 0 Å². The van der Waals surface area contributed by atoms with E-state index in [9.17, 15) is 14.7 Å². The molecule has 0 aromatic carbocycles. The summed E-state index contributed by atoms with van der Waals surface area (Å²) in [5.74, 6) is -1.33. The molecule has 2 heterocycles. The minimum Gasteiger partial charge on any atom is -0.481 e. The second kappa shape index (κ2) is 5.77. The molecule has 1 aliphatic rings. The molecule has 3 unspecified atom stereocenters. The molecule has 1 aliphatic heterocycles. The number of carbonyl (C=O) groups is 2. The van der Waals surface area contributed by atoms with Gasteiger partial charge in [0.2, 0.25) is 0 Å². The van der Waals surface area contributed by atoms with E-state index in [1.807, 2.05) is 0 Å². The number of aliphatic hydroxyl groups excluding tert-OH is 1. The molecule has 1 aromatic rings. The zero-order valence-electron chi connectivity index (χ0n) is 10.0. The second-order valence-electron chi connectivity index (χ2n) is 4.25. The Labute approximate surface area is 109 Å². The molecule has 1 amide bonds. The summed E-state index contributed by atoms with van der Waals surface area (Å²) >= 11 is 0. The number of aliphatic carboxylic acids is 1. The monoisotopic (exact) mass is 266 g/mol. The molecule has 2 rings (SSSR count). The van der Waals surface area contributed by atoms with Gasteiger partial charge in [-0.25, -0.2) is 0 Å². The Kier molecular flexibility index (Phi) is 4.08. The molecule has 3 N–H and O–H groups in total. The van der Waals surface area contributed by atoms with Crippen molar-refractivity contribution in [2.75, 3.05) is 0 Å². The SMILES string of the molecule is O=C(O)CCC(NC(=O)c1cccnc1)C1OC1O. The topological polar surface area (TPSA) is 112 Å². The lowest BCUT2D eigenvalue weighted by molar-refractivity contribution is -0.137. The molecular formula is C12H14N2O5. The zero-order valence-corrected chi connectivity index (χ0v) is 10.0. The molecule has 0 aliphatic carbocycles. The number of aromatic nitrogens is 1. The van der Waals surface area contributed by atoms with Crippen molar-refractivity contribution in [1.29, 1.82) is 0 Å². The molecule has 7 nitrogen and oxygen atoms in total. The maximum absolute atomic E-state index is 11.9. The summed E-state index contributed by atoms with van der Waals surface area (Å²) in [6.07, 6.45) is 1.57. The fraction of sp³-hybridized carbons (Fsp3) is 0.417. The second-order valence-corrected chi connectivity index (χ2v) is 4.25. The number of ether oxygens (including phenoxy) is 1. The van der Waals surface area contributed by atoms with Crippen LogP contribution in [-0.2, 0) is 9.53 Å². The Morgan fingerprint density at radius 2 is 2.26 bits per heavy atom. The van der Waals surface area contributed by atoms with E-state index in [1.54, 1.807) is 18.3 Å². The fourth-order valence-corrected chi connectivity index (χ4v) is 1.76. The molecule has 0 bridgehead atoms. The van der Waals surface area contributed by atoms with E-state index < -0.39 is 24.4 Å². The Morgan fingerprint density at radius 1 is 1.53 bits per heavy atom. The average molecular weight is 266 g/mol. The molecule has 102 valence electrons. The molecule has 0 spiro atoms. The lowest BCUT2D eigenvalue weighted by Crippen LogP contribution is -2.40. The number of nitrogens with one attached hydrogen (secondary N) is 1. The zero-order chi connectivity index (χ0) is 13.8. The first kappa shape index (κ1) is 13.4. The number of carbonyl (C=O) groups excluding carboxylic acids is 1. The lowest BCUT2D eigenvalue weighted by Gasteiger charge is -2.15. The first-order chi connectivity index (χ1) is 9.08. The van der Waals surface area contributed by atoms with Crippen LogP contribution >= 0.6 is 0 Å². The van der Waals surface area contributed by atoms with E-state index in [4.69, 9.17) is 9.84 Å². The molecule has 0 saturated carbocycles. The number of pyridine rings is 1. The highest BCUT2D eigenvalue weighted by atomic mass is 16.7. The Bertz CT molecular complexity index is 464. The van der Waals surface area contributed by atoms with Crippen LogP contribution < -0.4 is 5.32 Å². The van der Waals surface area contributed by atoms with Gasteiger partial charge in [-0.3, -0.25) is 14.6 Å². The number of rotatable bonds is 6. The predicted molar refractivity (Wildman–Crippen MR) is 63.2 cm³/mol. The number of carboxylic acids is 1. The van der Waals surface area contributed by atoms with Gasteiger partial charge in [0.05, 0.1) is 11.6 Å². The Balaban J connectivity index is 1.96. The third kappa shape index (κ3) is 3.73. The van der Waals surface area contributed by atoms with E-state index >= 15 is 0 Å². The molecule has 19 heavy (non-hydrogen) atoms. The number of aliphatic hydroxyl groups is 1. The van der Waals surface area contributed by atoms with Crippen molar-refractivity contribution in [3.8, 4) is 0 Å². The van der Waals surface area contributed by atoms with E-state index in [0.29, 0.717) is 5.56 Å². The maximum atomic E-state index is 11.9. The summed E-state index contributed by atoms with van der Waals surface area (Å²) in [5.41, 5.74) is 0.373. The Hall–Kier alpha value is -1.99. The van der Waals surface area contributed by atoms with Crippen molar-refractivity contribution in [3.63, 3.8) is 0 Å². The molecular weight excluding hydrogens is 252 g/mol. The Morgan fingerprint density at radius 3 is 2.79 bits per heavy atom. The minimum atomic E-state index is -0.962. The van der Waals surface area contributed by atoms with Gasteiger partial charge < -0.3 is 20.3 Å². The molecule has 0 radical (unpaired) electrons. The van der Waals surface area contributed by atoms with Crippen LogP contribution in [-0.4, -0.2) is 45.5 Å². The van der Waals surface area contributed by atoms with Crippen LogP contribution in [0.5, 0.6) is 0 Å². The third-order valence-corrected chi connectivity index (χ3v) is 2.81. The number of hydrogen-bond acceptors (Lipinski definition) is 5. The summed E-state index contributed by atoms with van der Waals surface area (Å²) in [6, 6.07) is 2.70. The summed E-state index contributed by atoms with van der Waals surface area (Å²) in [7, 11) is 0. The quantitative estimate of drug-likeness (QED) is 0.613. The van der Waals surface area contributed by atoms with Gasteiger partial charge in [-0.1, -0.05) is 0 Å². The number of carboxylic acid groups (broad SMARTS) is 1. The smallest absolute Gasteiger partial charge is 0.303 e. The predicted octanol–water partition coefficient (Wildman–Crippen LogP) is -0.238. The van der Waals surface area contributed by atoms with E-state index in [1.165, 1.54) is 6.20 Å². The highest BCUT2D eigenvalue weighted by molar-refractivity contribution is 5.94. The van der Waals surface area contributed by atoms with Gasteiger partial charge in [0.1, 0.15) is 6.10 Å². The highest BCUT2D eigenvalue weighted by Gasteiger charge is 2.44. The summed E-state index contributed by atoms with van der Waals surface area (Å²) < 4.78 is 4.88. The average Bonchev–Trinajstić information content (AvgIpc) is 3.12.